The zero-order valence-electron chi connectivity index (χ0n) is 10.5. The highest BCUT2D eigenvalue weighted by molar-refractivity contribution is 5.80. The second-order valence-corrected chi connectivity index (χ2v) is 5.18. The number of aromatic nitrogens is 2. The molecule has 0 aromatic carbocycles. The predicted molar refractivity (Wildman–Crippen MR) is 68.8 cm³/mol. The van der Waals surface area contributed by atoms with Crippen LogP contribution in [0.1, 0.15) is 43.8 Å². The first kappa shape index (κ1) is 11.5. The lowest BCUT2D eigenvalue weighted by Gasteiger charge is -2.28. The molecule has 3 rings (SSSR count). The lowest BCUT2D eigenvalue weighted by molar-refractivity contribution is -0.136. The zero-order valence-corrected chi connectivity index (χ0v) is 10.5. The summed E-state index contributed by atoms with van der Waals surface area (Å²) in [6.45, 7) is 0.892. The van der Waals surface area contributed by atoms with Crippen molar-refractivity contribution in [2.45, 2.75) is 38.1 Å². The minimum Gasteiger partial charge on any atom is -0.334 e. The molecule has 1 aromatic rings. The fourth-order valence-corrected chi connectivity index (χ4v) is 3.06. The Kier molecular flexibility index (Phi) is 3.17. The highest BCUT2D eigenvalue weighted by atomic mass is 16.2. The first-order valence-corrected chi connectivity index (χ1v) is 6.81. The number of rotatable bonds is 2. The monoisotopic (exact) mass is 245 g/mol. The maximum atomic E-state index is 12.6. The number of hydrogen-bond acceptors (Lipinski definition) is 2. The molecule has 0 radical (unpaired) electrons. The molecule has 96 valence electrons. The van der Waals surface area contributed by atoms with Crippen LogP contribution in [0.3, 0.4) is 0 Å². The van der Waals surface area contributed by atoms with Crippen molar-refractivity contribution in [3.8, 4) is 0 Å². The number of aromatic amines is 1. The number of carbonyl (C=O) groups is 1. The molecule has 2 atom stereocenters. The third-order valence-corrected chi connectivity index (χ3v) is 4.04. The Morgan fingerprint density at radius 2 is 2.33 bits per heavy atom. The summed E-state index contributed by atoms with van der Waals surface area (Å²) in [6.07, 6.45) is 11.2. The van der Waals surface area contributed by atoms with Crippen LogP contribution in [0.5, 0.6) is 0 Å². The fourth-order valence-electron chi connectivity index (χ4n) is 3.06. The summed E-state index contributed by atoms with van der Waals surface area (Å²) in [6, 6.07) is 2.20. The van der Waals surface area contributed by atoms with Gasteiger partial charge in [-0.2, -0.15) is 5.10 Å². The SMILES string of the molecule is O=C([C@@H]1CC=CCC1)N1CCC[C@@H]1c1ccn[nH]1. The largest absolute Gasteiger partial charge is 0.334 e. The van der Waals surface area contributed by atoms with E-state index in [1.165, 1.54) is 0 Å². The molecule has 1 aromatic heterocycles. The van der Waals surface area contributed by atoms with Crippen molar-refractivity contribution in [2.75, 3.05) is 6.54 Å². The van der Waals surface area contributed by atoms with Crippen molar-refractivity contribution in [3.05, 3.63) is 30.1 Å². The lowest BCUT2D eigenvalue weighted by atomic mass is 9.93. The van der Waals surface area contributed by atoms with Gasteiger partial charge in [-0.05, 0) is 38.2 Å². The maximum Gasteiger partial charge on any atom is 0.226 e. The molecule has 1 aliphatic heterocycles. The third kappa shape index (κ3) is 2.07. The first-order chi connectivity index (χ1) is 8.86. The van der Waals surface area contributed by atoms with E-state index >= 15 is 0 Å². The normalized spacial score (nSPS) is 27.7. The van der Waals surface area contributed by atoms with E-state index in [1.54, 1.807) is 6.20 Å². The Hall–Kier alpha value is -1.58. The van der Waals surface area contributed by atoms with Gasteiger partial charge in [0.15, 0.2) is 0 Å². The van der Waals surface area contributed by atoms with Crippen LogP contribution >= 0.6 is 0 Å². The molecule has 2 aliphatic rings. The molecule has 0 bridgehead atoms. The van der Waals surface area contributed by atoms with Crippen LogP contribution in [0.2, 0.25) is 0 Å². The Morgan fingerprint density at radius 3 is 3.06 bits per heavy atom. The van der Waals surface area contributed by atoms with Crippen molar-refractivity contribution < 1.29 is 4.79 Å². The summed E-state index contributed by atoms with van der Waals surface area (Å²) in [5, 5.41) is 7.01. The van der Waals surface area contributed by atoms with E-state index < -0.39 is 0 Å². The maximum absolute atomic E-state index is 12.6. The molecule has 4 nitrogen and oxygen atoms in total. The van der Waals surface area contributed by atoms with E-state index in [0.29, 0.717) is 5.91 Å². The van der Waals surface area contributed by atoms with E-state index in [2.05, 4.69) is 27.2 Å². The van der Waals surface area contributed by atoms with Gasteiger partial charge in [-0.1, -0.05) is 12.2 Å². The Bertz CT molecular complexity index is 438. The van der Waals surface area contributed by atoms with Crippen LogP contribution in [0.4, 0.5) is 0 Å². The van der Waals surface area contributed by atoms with Crippen LogP contribution in [0.25, 0.3) is 0 Å². The molecule has 4 heteroatoms. The van der Waals surface area contributed by atoms with Crippen LogP contribution in [0, 0.1) is 5.92 Å². The van der Waals surface area contributed by atoms with Crippen molar-refractivity contribution in [1.29, 1.82) is 0 Å². The number of carbonyl (C=O) groups excluding carboxylic acids is 1. The van der Waals surface area contributed by atoms with E-state index in [-0.39, 0.29) is 12.0 Å². The summed E-state index contributed by atoms with van der Waals surface area (Å²) in [4.78, 5) is 14.6. The predicted octanol–water partition coefficient (Wildman–Crippen LogP) is 2.43. The van der Waals surface area contributed by atoms with Gasteiger partial charge in [0.05, 0.1) is 11.7 Å². The molecule has 1 fully saturated rings. The minimum atomic E-state index is 0.193. The van der Waals surface area contributed by atoms with Crippen LogP contribution in [-0.2, 0) is 4.79 Å². The molecular formula is C14H19N3O. The standard InChI is InChI=1S/C14H19N3O/c18-14(11-5-2-1-3-6-11)17-10-4-7-13(17)12-8-9-15-16-12/h1-2,8-9,11,13H,3-7,10H2,(H,15,16)/t11-,13-/m1/s1. The van der Waals surface area contributed by atoms with E-state index in [1.807, 2.05) is 6.07 Å². The summed E-state index contributed by atoms with van der Waals surface area (Å²) < 4.78 is 0. The third-order valence-electron chi connectivity index (χ3n) is 4.04. The van der Waals surface area contributed by atoms with Crippen molar-refractivity contribution >= 4 is 5.91 Å². The van der Waals surface area contributed by atoms with Gasteiger partial charge in [-0.3, -0.25) is 9.89 Å². The number of H-pyrrole nitrogens is 1. The Morgan fingerprint density at radius 1 is 1.39 bits per heavy atom. The molecule has 2 heterocycles. The number of nitrogens with one attached hydrogen (secondary N) is 1. The van der Waals surface area contributed by atoms with Gasteiger partial charge in [0.2, 0.25) is 5.91 Å². The van der Waals surface area contributed by atoms with Gasteiger partial charge >= 0.3 is 0 Å². The minimum absolute atomic E-state index is 0.193. The molecule has 1 saturated heterocycles. The molecule has 0 spiro atoms. The second kappa shape index (κ2) is 4.96. The van der Waals surface area contributed by atoms with Gasteiger partial charge in [-0.25, -0.2) is 0 Å². The quantitative estimate of drug-likeness (QED) is 0.813. The van der Waals surface area contributed by atoms with Gasteiger partial charge in [0.25, 0.3) is 0 Å². The molecule has 1 aliphatic carbocycles. The van der Waals surface area contributed by atoms with Crippen molar-refractivity contribution in [2.24, 2.45) is 5.92 Å². The van der Waals surface area contributed by atoms with Gasteiger partial charge in [0.1, 0.15) is 0 Å². The van der Waals surface area contributed by atoms with Crippen molar-refractivity contribution in [1.82, 2.24) is 15.1 Å². The average molecular weight is 245 g/mol. The molecule has 1 N–H and O–H groups in total. The highest BCUT2D eigenvalue weighted by Crippen LogP contribution is 2.33. The average Bonchev–Trinajstić information content (AvgIpc) is 3.09. The number of nitrogens with zero attached hydrogens (tertiary/aromatic N) is 2. The molecule has 0 unspecified atom stereocenters. The zero-order chi connectivity index (χ0) is 12.4. The number of amides is 1. The molecule has 1 amide bonds. The summed E-state index contributed by atoms with van der Waals surface area (Å²) >= 11 is 0. The van der Waals surface area contributed by atoms with Crippen molar-refractivity contribution in [3.63, 3.8) is 0 Å². The Balaban J connectivity index is 1.74. The lowest BCUT2D eigenvalue weighted by Crippen LogP contribution is -2.36. The molecular weight excluding hydrogens is 226 g/mol. The number of allylic oxidation sites excluding steroid dienone is 2. The first-order valence-electron chi connectivity index (χ1n) is 6.81. The Labute approximate surface area is 107 Å². The number of likely N-dealkylation sites (tertiary alicyclic amines) is 1. The summed E-state index contributed by atoms with van der Waals surface area (Å²) in [5.41, 5.74) is 1.08. The van der Waals surface area contributed by atoms with E-state index in [0.717, 1.165) is 44.3 Å². The molecule has 18 heavy (non-hydrogen) atoms. The van der Waals surface area contributed by atoms with Gasteiger partial charge in [-0.15, -0.1) is 0 Å². The van der Waals surface area contributed by atoms with Gasteiger partial charge in [0, 0.05) is 18.7 Å². The van der Waals surface area contributed by atoms with Crippen LogP contribution in [0.15, 0.2) is 24.4 Å². The second-order valence-electron chi connectivity index (χ2n) is 5.18. The number of hydrogen-bond donors (Lipinski definition) is 1. The van der Waals surface area contributed by atoms with E-state index in [9.17, 15) is 4.79 Å². The van der Waals surface area contributed by atoms with Gasteiger partial charge < -0.3 is 4.90 Å². The smallest absolute Gasteiger partial charge is 0.226 e. The molecule has 0 saturated carbocycles. The fraction of sp³-hybridized carbons (Fsp3) is 0.571. The summed E-state index contributed by atoms with van der Waals surface area (Å²) in [5.74, 6) is 0.523. The summed E-state index contributed by atoms with van der Waals surface area (Å²) in [7, 11) is 0. The topological polar surface area (TPSA) is 49.0 Å². The van der Waals surface area contributed by atoms with E-state index in [4.69, 9.17) is 0 Å². The van der Waals surface area contributed by atoms with Crippen LogP contribution < -0.4 is 0 Å². The highest BCUT2D eigenvalue weighted by Gasteiger charge is 2.34. The van der Waals surface area contributed by atoms with Crippen LogP contribution in [-0.4, -0.2) is 27.5 Å².